The molecule has 3 amide bonds. The highest BCUT2D eigenvalue weighted by Crippen LogP contribution is 2.38. The number of benzene rings is 2. The van der Waals surface area contributed by atoms with Crippen LogP contribution in [-0.4, -0.2) is 33.4 Å². The van der Waals surface area contributed by atoms with Gasteiger partial charge >= 0.3 is 6.03 Å². The number of fused-ring (bicyclic) bond motifs is 1. The summed E-state index contributed by atoms with van der Waals surface area (Å²) >= 11 is 0. The number of aromatic nitrogens is 2. The maximum Gasteiger partial charge on any atom is 0.325 e. The molecule has 5 rings (SSSR count). The van der Waals surface area contributed by atoms with E-state index in [1.807, 2.05) is 36.5 Å². The van der Waals surface area contributed by atoms with E-state index in [0.29, 0.717) is 17.1 Å². The third-order valence-electron chi connectivity index (χ3n) is 5.27. The van der Waals surface area contributed by atoms with Crippen LogP contribution in [0.3, 0.4) is 0 Å². The van der Waals surface area contributed by atoms with Crippen molar-refractivity contribution in [2.45, 2.75) is 19.0 Å². The minimum atomic E-state index is -1.16. The van der Waals surface area contributed by atoms with Gasteiger partial charge in [-0.3, -0.25) is 9.69 Å². The summed E-state index contributed by atoms with van der Waals surface area (Å²) in [4.78, 5) is 27.0. The fourth-order valence-electron chi connectivity index (χ4n) is 3.60. The lowest BCUT2D eigenvalue weighted by atomic mass is 9.91. The summed E-state index contributed by atoms with van der Waals surface area (Å²) in [5, 5.41) is 7.01. The van der Waals surface area contributed by atoms with Gasteiger partial charge in [0.25, 0.3) is 5.91 Å². The Balaban J connectivity index is 1.38. The first-order valence-electron chi connectivity index (χ1n) is 9.18. The van der Waals surface area contributed by atoms with Crippen LogP contribution in [0.25, 0.3) is 5.69 Å². The Kier molecular flexibility index (Phi) is 3.80. The number of carbonyl (C=O) groups excluding carboxylic acids is 2. The molecular formula is C21H18N4O4. The van der Waals surface area contributed by atoms with Gasteiger partial charge in [0.2, 0.25) is 6.79 Å². The van der Waals surface area contributed by atoms with Crippen molar-refractivity contribution in [1.82, 2.24) is 20.0 Å². The molecule has 0 radical (unpaired) electrons. The molecule has 1 N–H and O–H groups in total. The van der Waals surface area contributed by atoms with E-state index >= 15 is 0 Å². The summed E-state index contributed by atoms with van der Waals surface area (Å²) in [6.07, 6.45) is 3.56. The van der Waals surface area contributed by atoms with Gasteiger partial charge < -0.3 is 14.8 Å². The first kappa shape index (κ1) is 17.3. The van der Waals surface area contributed by atoms with E-state index in [1.165, 1.54) is 4.90 Å². The second-order valence-electron chi connectivity index (χ2n) is 7.13. The molecule has 2 aliphatic heterocycles. The molecule has 0 bridgehead atoms. The zero-order chi connectivity index (χ0) is 20.0. The number of hydrogen-bond donors (Lipinski definition) is 1. The molecular weight excluding hydrogens is 372 g/mol. The highest BCUT2D eigenvalue weighted by Gasteiger charge is 2.49. The summed E-state index contributed by atoms with van der Waals surface area (Å²) in [6.45, 7) is 2.03. The van der Waals surface area contributed by atoms with Crippen LogP contribution in [0.15, 0.2) is 60.9 Å². The van der Waals surface area contributed by atoms with Crippen LogP contribution in [0.4, 0.5) is 4.79 Å². The van der Waals surface area contributed by atoms with Gasteiger partial charge in [0.05, 0.1) is 12.2 Å². The highest BCUT2D eigenvalue weighted by atomic mass is 16.7. The number of nitrogens with zero attached hydrogens (tertiary/aromatic N) is 3. The SMILES string of the molecule is C[C@@]1(c2ccc3c(c2)OCO3)NC(=O)N(Cc2ccc(-n3cccn3)cc2)C1=O. The third kappa shape index (κ3) is 2.80. The minimum absolute atomic E-state index is 0.149. The molecule has 1 fully saturated rings. The van der Waals surface area contributed by atoms with Gasteiger partial charge in [0.15, 0.2) is 11.5 Å². The number of imide groups is 1. The Labute approximate surface area is 166 Å². The van der Waals surface area contributed by atoms with Gasteiger partial charge in [-0.25, -0.2) is 9.48 Å². The molecule has 146 valence electrons. The molecule has 29 heavy (non-hydrogen) atoms. The smallest absolute Gasteiger partial charge is 0.325 e. The number of carbonyl (C=O) groups is 2. The molecule has 1 atom stereocenters. The van der Waals surface area contributed by atoms with Crippen LogP contribution in [0.1, 0.15) is 18.1 Å². The van der Waals surface area contributed by atoms with E-state index < -0.39 is 11.6 Å². The lowest BCUT2D eigenvalue weighted by Crippen LogP contribution is -2.40. The normalized spacial score (nSPS) is 20.2. The van der Waals surface area contributed by atoms with E-state index in [1.54, 1.807) is 36.0 Å². The number of ether oxygens (including phenoxy) is 2. The monoisotopic (exact) mass is 390 g/mol. The van der Waals surface area contributed by atoms with Crippen molar-refractivity contribution < 1.29 is 19.1 Å². The second kappa shape index (κ2) is 6.37. The Hall–Kier alpha value is -3.81. The van der Waals surface area contributed by atoms with Gasteiger partial charge in [-0.2, -0.15) is 5.10 Å². The summed E-state index contributed by atoms with van der Waals surface area (Å²) in [5.74, 6) is 0.888. The van der Waals surface area contributed by atoms with Gasteiger partial charge in [0, 0.05) is 12.4 Å². The lowest BCUT2D eigenvalue weighted by Gasteiger charge is -2.22. The van der Waals surface area contributed by atoms with Crippen LogP contribution in [0, 0.1) is 0 Å². The van der Waals surface area contributed by atoms with E-state index in [-0.39, 0.29) is 19.2 Å². The van der Waals surface area contributed by atoms with Crippen molar-refractivity contribution in [2.24, 2.45) is 0 Å². The van der Waals surface area contributed by atoms with Crippen molar-refractivity contribution in [3.05, 3.63) is 72.1 Å². The molecule has 0 saturated carbocycles. The van der Waals surface area contributed by atoms with E-state index in [9.17, 15) is 9.59 Å². The third-order valence-corrected chi connectivity index (χ3v) is 5.27. The van der Waals surface area contributed by atoms with Crippen molar-refractivity contribution >= 4 is 11.9 Å². The zero-order valence-corrected chi connectivity index (χ0v) is 15.7. The zero-order valence-electron chi connectivity index (χ0n) is 15.7. The number of amides is 3. The molecule has 0 spiro atoms. The van der Waals surface area contributed by atoms with Crippen molar-refractivity contribution in [3.8, 4) is 17.2 Å². The second-order valence-corrected chi connectivity index (χ2v) is 7.13. The van der Waals surface area contributed by atoms with Crippen molar-refractivity contribution in [1.29, 1.82) is 0 Å². The fraction of sp³-hybridized carbons (Fsp3) is 0.190. The summed E-state index contributed by atoms with van der Waals surface area (Å²) < 4.78 is 12.5. The number of urea groups is 1. The van der Waals surface area contributed by atoms with Gasteiger partial charge in [-0.05, 0) is 48.4 Å². The Morgan fingerprint density at radius 3 is 2.66 bits per heavy atom. The molecule has 0 unspecified atom stereocenters. The molecule has 2 aliphatic rings. The lowest BCUT2D eigenvalue weighted by molar-refractivity contribution is -0.131. The first-order chi connectivity index (χ1) is 14.0. The van der Waals surface area contributed by atoms with Crippen molar-refractivity contribution in [2.75, 3.05) is 6.79 Å². The standard InChI is InChI=1S/C21H18N4O4/c1-21(15-5-8-17-18(11-15)29-13-28-17)19(26)24(20(27)23-21)12-14-3-6-16(7-4-14)25-10-2-9-22-25/h2-11H,12-13H2,1H3,(H,23,27)/t21-/m0/s1. The van der Waals surface area contributed by atoms with E-state index in [0.717, 1.165) is 11.3 Å². The highest BCUT2D eigenvalue weighted by molar-refractivity contribution is 6.07. The van der Waals surface area contributed by atoms with Gasteiger partial charge in [0.1, 0.15) is 5.54 Å². The topological polar surface area (TPSA) is 85.7 Å². The maximum absolute atomic E-state index is 13.2. The molecule has 3 heterocycles. The quantitative estimate of drug-likeness (QED) is 0.692. The Morgan fingerprint density at radius 1 is 1.10 bits per heavy atom. The van der Waals surface area contributed by atoms with Crippen LogP contribution >= 0.6 is 0 Å². The van der Waals surface area contributed by atoms with E-state index in [2.05, 4.69) is 10.4 Å². The summed E-state index contributed by atoms with van der Waals surface area (Å²) in [6, 6.07) is 14.2. The predicted molar refractivity (Wildman–Crippen MR) is 103 cm³/mol. The molecule has 3 aromatic rings. The predicted octanol–water partition coefficient (Wildman–Crippen LogP) is 2.57. The van der Waals surface area contributed by atoms with Crippen LogP contribution < -0.4 is 14.8 Å². The average Bonchev–Trinajstić information content (AvgIpc) is 3.46. The minimum Gasteiger partial charge on any atom is -0.454 e. The van der Waals surface area contributed by atoms with Crippen LogP contribution in [0.5, 0.6) is 11.5 Å². The van der Waals surface area contributed by atoms with E-state index in [4.69, 9.17) is 9.47 Å². The first-order valence-corrected chi connectivity index (χ1v) is 9.18. The van der Waals surface area contributed by atoms with Gasteiger partial charge in [-0.15, -0.1) is 0 Å². The summed E-state index contributed by atoms with van der Waals surface area (Å²) in [5.41, 5.74) is 1.24. The Morgan fingerprint density at radius 2 is 1.90 bits per heavy atom. The maximum atomic E-state index is 13.2. The molecule has 8 heteroatoms. The average molecular weight is 390 g/mol. The molecule has 8 nitrogen and oxygen atoms in total. The van der Waals surface area contributed by atoms with Crippen LogP contribution in [-0.2, 0) is 16.9 Å². The Bertz CT molecular complexity index is 1090. The number of hydrogen-bond acceptors (Lipinski definition) is 5. The molecule has 0 aliphatic carbocycles. The van der Waals surface area contributed by atoms with Gasteiger partial charge in [-0.1, -0.05) is 18.2 Å². The largest absolute Gasteiger partial charge is 0.454 e. The fourth-order valence-corrected chi connectivity index (χ4v) is 3.60. The molecule has 1 saturated heterocycles. The molecule has 2 aromatic carbocycles. The number of nitrogens with one attached hydrogen (secondary N) is 1. The number of rotatable bonds is 4. The van der Waals surface area contributed by atoms with Crippen LogP contribution in [0.2, 0.25) is 0 Å². The molecule has 1 aromatic heterocycles. The van der Waals surface area contributed by atoms with Crippen molar-refractivity contribution in [3.63, 3.8) is 0 Å². The summed E-state index contributed by atoms with van der Waals surface area (Å²) in [7, 11) is 0.